The minimum atomic E-state index is -1.82. The van der Waals surface area contributed by atoms with Crippen molar-refractivity contribution < 1.29 is 35.1 Å². The van der Waals surface area contributed by atoms with E-state index in [4.69, 9.17) is 35.1 Å². The molecule has 0 saturated carbocycles. The Balaban J connectivity index is 0. The van der Waals surface area contributed by atoms with Crippen molar-refractivity contribution in [2.75, 3.05) is 13.2 Å². The number of carboxylic acids is 2. The molecule has 0 aliphatic heterocycles. The van der Waals surface area contributed by atoms with Crippen molar-refractivity contribution >= 4 is 11.9 Å². The third-order valence-corrected chi connectivity index (χ3v) is 0.604. The molecule has 0 aromatic rings. The Morgan fingerprint density at radius 3 is 1.25 bits per heavy atom. The van der Waals surface area contributed by atoms with Gasteiger partial charge >= 0.3 is 11.9 Å². The van der Waals surface area contributed by atoms with Crippen LogP contribution in [0.1, 0.15) is 0 Å². The maximum atomic E-state index is 9.10. The van der Waals surface area contributed by atoms with E-state index >= 15 is 0 Å². The van der Waals surface area contributed by atoms with Gasteiger partial charge in [0.1, 0.15) is 6.10 Å². The molecule has 5 N–H and O–H groups in total. The molecule has 0 heterocycles. The predicted molar refractivity (Wildman–Crippen MR) is 35.4 cm³/mol. The third kappa shape index (κ3) is 11.6. The van der Waals surface area contributed by atoms with Gasteiger partial charge in [0.05, 0.1) is 13.2 Å². The Hall–Kier alpha value is -1.18. The van der Waals surface area contributed by atoms with E-state index in [2.05, 4.69) is 0 Å². The van der Waals surface area contributed by atoms with Gasteiger partial charge in [-0.3, -0.25) is 0 Å². The van der Waals surface area contributed by atoms with Crippen LogP contribution in [-0.2, 0) is 9.59 Å². The predicted octanol–water partition coefficient (Wildman–Crippen LogP) is -2.51. The van der Waals surface area contributed by atoms with Crippen molar-refractivity contribution in [3.05, 3.63) is 0 Å². The second-order valence-corrected chi connectivity index (χ2v) is 1.63. The normalized spacial score (nSPS) is 8.67. The lowest BCUT2D eigenvalue weighted by molar-refractivity contribution is -0.159. The maximum Gasteiger partial charge on any atom is 0.414 e. The number of hydrogen-bond donors (Lipinski definition) is 5. The van der Waals surface area contributed by atoms with Crippen molar-refractivity contribution in [2.45, 2.75) is 6.10 Å². The molecule has 0 atom stereocenters. The van der Waals surface area contributed by atoms with Crippen LogP contribution in [0.3, 0.4) is 0 Å². The maximum absolute atomic E-state index is 9.10. The van der Waals surface area contributed by atoms with Crippen LogP contribution in [0.2, 0.25) is 0 Å². The van der Waals surface area contributed by atoms with E-state index in [-0.39, 0.29) is 13.2 Å². The standard InChI is InChI=1S/C3H8O3.C2H2O4/c4-1-3(6)2-5;3-1(4)2(5)6/h3-6H,1-2H2;(H,3,4)(H,5,6). The van der Waals surface area contributed by atoms with Crippen LogP contribution in [0.25, 0.3) is 0 Å². The molecule has 0 aliphatic rings. The largest absolute Gasteiger partial charge is 0.473 e. The number of hydrogen-bond acceptors (Lipinski definition) is 5. The SMILES string of the molecule is O=C(O)C(=O)O.OCC(O)CO. The fourth-order valence-corrected chi connectivity index (χ4v) is 0.0577. The van der Waals surface area contributed by atoms with Crippen molar-refractivity contribution in [2.24, 2.45) is 0 Å². The second kappa shape index (κ2) is 7.92. The average molecular weight is 182 g/mol. The summed E-state index contributed by atoms with van der Waals surface area (Å²) in [5, 5.41) is 38.8. The lowest BCUT2D eigenvalue weighted by Crippen LogP contribution is -2.15. The molecule has 0 saturated heterocycles. The molecule has 0 aliphatic carbocycles. The van der Waals surface area contributed by atoms with E-state index in [9.17, 15) is 0 Å². The van der Waals surface area contributed by atoms with E-state index in [1.165, 1.54) is 0 Å². The first-order valence-corrected chi connectivity index (χ1v) is 2.81. The van der Waals surface area contributed by atoms with E-state index in [1.807, 2.05) is 0 Å². The van der Waals surface area contributed by atoms with Gasteiger partial charge in [-0.05, 0) is 0 Å². The van der Waals surface area contributed by atoms with Gasteiger partial charge in [0, 0.05) is 0 Å². The molecule has 0 rings (SSSR count). The van der Waals surface area contributed by atoms with Crippen molar-refractivity contribution in [1.82, 2.24) is 0 Å². The van der Waals surface area contributed by atoms with Gasteiger partial charge < -0.3 is 25.5 Å². The fourth-order valence-electron chi connectivity index (χ4n) is 0.0577. The molecule has 0 spiro atoms. The van der Waals surface area contributed by atoms with Crippen LogP contribution in [0.15, 0.2) is 0 Å². The zero-order valence-corrected chi connectivity index (χ0v) is 6.04. The van der Waals surface area contributed by atoms with Crippen LogP contribution >= 0.6 is 0 Å². The highest BCUT2D eigenvalue weighted by molar-refractivity contribution is 6.27. The van der Waals surface area contributed by atoms with Gasteiger partial charge in [-0.15, -0.1) is 0 Å². The summed E-state index contributed by atoms with van der Waals surface area (Å²) in [4.78, 5) is 18.2. The second-order valence-electron chi connectivity index (χ2n) is 1.63. The number of aliphatic hydroxyl groups excluding tert-OH is 3. The molecular formula is C5H10O7. The van der Waals surface area contributed by atoms with E-state index in [1.54, 1.807) is 0 Å². The number of carbonyl (C=O) groups is 2. The topological polar surface area (TPSA) is 135 Å². The Morgan fingerprint density at radius 1 is 1.00 bits per heavy atom. The minimum Gasteiger partial charge on any atom is -0.473 e. The molecule has 0 aromatic heterocycles. The molecule has 0 aromatic carbocycles. The van der Waals surface area contributed by atoms with Gasteiger partial charge in [0.15, 0.2) is 0 Å². The summed E-state index contributed by atoms with van der Waals surface area (Å²) in [6, 6.07) is 0. The zero-order chi connectivity index (χ0) is 10.1. The van der Waals surface area contributed by atoms with Crippen LogP contribution in [0.5, 0.6) is 0 Å². The van der Waals surface area contributed by atoms with E-state index < -0.39 is 18.0 Å². The quantitative estimate of drug-likeness (QED) is 0.297. The Kier molecular flexibility index (Phi) is 8.85. The summed E-state index contributed by atoms with van der Waals surface area (Å²) < 4.78 is 0. The van der Waals surface area contributed by atoms with Gasteiger partial charge in [-0.25, -0.2) is 9.59 Å². The van der Waals surface area contributed by atoms with Gasteiger partial charge in [0.2, 0.25) is 0 Å². The first-order chi connectivity index (χ1) is 5.45. The Bertz CT molecular complexity index is 127. The number of rotatable bonds is 2. The summed E-state index contributed by atoms with van der Waals surface area (Å²) >= 11 is 0. The van der Waals surface area contributed by atoms with Gasteiger partial charge in [0.25, 0.3) is 0 Å². The van der Waals surface area contributed by atoms with Gasteiger partial charge in [-0.2, -0.15) is 0 Å². The first kappa shape index (κ1) is 13.4. The van der Waals surface area contributed by atoms with Crippen LogP contribution in [-0.4, -0.2) is 56.8 Å². The van der Waals surface area contributed by atoms with E-state index in [0.29, 0.717) is 0 Å². The zero-order valence-electron chi connectivity index (χ0n) is 6.04. The molecular weight excluding hydrogens is 172 g/mol. The summed E-state index contributed by atoms with van der Waals surface area (Å²) in [5.41, 5.74) is 0. The lowest BCUT2D eigenvalue weighted by atomic mass is 10.4. The molecule has 0 bridgehead atoms. The van der Waals surface area contributed by atoms with Crippen molar-refractivity contribution in [3.63, 3.8) is 0 Å². The summed E-state index contributed by atoms with van der Waals surface area (Å²) in [7, 11) is 0. The molecule has 7 heteroatoms. The number of carboxylic acid groups (broad SMARTS) is 2. The molecule has 0 unspecified atom stereocenters. The van der Waals surface area contributed by atoms with E-state index in [0.717, 1.165) is 0 Å². The Morgan fingerprint density at radius 2 is 1.25 bits per heavy atom. The molecule has 0 amide bonds. The van der Waals surface area contributed by atoms with Crippen LogP contribution < -0.4 is 0 Å². The lowest BCUT2D eigenvalue weighted by Gasteiger charge is -1.96. The van der Waals surface area contributed by atoms with Crippen molar-refractivity contribution in [1.29, 1.82) is 0 Å². The molecule has 12 heavy (non-hydrogen) atoms. The summed E-state index contributed by atoms with van der Waals surface area (Å²) in [6.45, 7) is -0.729. The molecule has 72 valence electrons. The van der Waals surface area contributed by atoms with Crippen LogP contribution in [0.4, 0.5) is 0 Å². The summed E-state index contributed by atoms with van der Waals surface area (Å²) in [5.74, 6) is -3.65. The fraction of sp³-hybridized carbons (Fsp3) is 0.600. The number of aliphatic hydroxyl groups is 3. The highest BCUT2D eigenvalue weighted by atomic mass is 16.4. The van der Waals surface area contributed by atoms with Crippen LogP contribution in [0, 0.1) is 0 Å². The molecule has 7 nitrogen and oxygen atoms in total. The molecule has 0 radical (unpaired) electrons. The Labute approximate surface area is 67.5 Å². The number of aliphatic carboxylic acids is 2. The third-order valence-electron chi connectivity index (χ3n) is 0.604. The molecule has 0 fully saturated rings. The first-order valence-electron chi connectivity index (χ1n) is 2.81. The highest BCUT2D eigenvalue weighted by Crippen LogP contribution is 1.71. The monoisotopic (exact) mass is 182 g/mol. The van der Waals surface area contributed by atoms with Gasteiger partial charge in [-0.1, -0.05) is 0 Å². The van der Waals surface area contributed by atoms with Crippen molar-refractivity contribution in [3.8, 4) is 0 Å². The highest BCUT2D eigenvalue weighted by Gasteiger charge is 2.04. The minimum absolute atomic E-state index is 0.365. The smallest absolute Gasteiger partial charge is 0.414 e. The summed E-state index contributed by atoms with van der Waals surface area (Å²) in [6.07, 6.45) is -0.954. The average Bonchev–Trinajstić information content (AvgIpc) is 2.04.